The molecule has 0 aromatic heterocycles. The summed E-state index contributed by atoms with van der Waals surface area (Å²) in [6, 6.07) is 0.814. The molecule has 2 saturated heterocycles. The normalized spacial score (nSPS) is 38.1. The van der Waals surface area contributed by atoms with Crippen LogP contribution >= 0.6 is 0 Å². The number of nitrogens with zero attached hydrogens (tertiary/aromatic N) is 1. The lowest BCUT2D eigenvalue weighted by Gasteiger charge is -2.39. The van der Waals surface area contributed by atoms with Gasteiger partial charge in [0.15, 0.2) is 0 Å². The van der Waals surface area contributed by atoms with E-state index in [2.05, 4.69) is 9.62 Å². The molecule has 2 saturated carbocycles. The summed E-state index contributed by atoms with van der Waals surface area (Å²) >= 11 is 0. The van der Waals surface area contributed by atoms with E-state index >= 15 is 0 Å². The van der Waals surface area contributed by atoms with Crippen LogP contribution in [0.3, 0.4) is 0 Å². The second kappa shape index (κ2) is 5.72. The summed E-state index contributed by atoms with van der Waals surface area (Å²) in [6.07, 6.45) is 9.77. The van der Waals surface area contributed by atoms with Gasteiger partial charge in [-0.1, -0.05) is 12.8 Å². The summed E-state index contributed by atoms with van der Waals surface area (Å²) in [5.74, 6) is 0. The average molecular weight is 328 g/mol. The molecule has 2 heterocycles. The Hall–Kier alpha value is -0.170. The Morgan fingerprint density at radius 1 is 1.09 bits per heavy atom. The molecule has 4 aliphatic rings. The highest BCUT2D eigenvalue weighted by molar-refractivity contribution is 7.90. The van der Waals surface area contributed by atoms with E-state index in [9.17, 15) is 8.42 Å². The van der Waals surface area contributed by atoms with Gasteiger partial charge in [0.25, 0.3) is 0 Å². The zero-order chi connectivity index (χ0) is 15.2. The van der Waals surface area contributed by atoms with Gasteiger partial charge in [0.05, 0.1) is 10.9 Å². The Kier molecular flexibility index (Phi) is 4.00. The second-order valence-corrected chi connectivity index (χ2v) is 9.73. The lowest BCUT2D eigenvalue weighted by molar-refractivity contribution is -0.0792. The first-order chi connectivity index (χ1) is 10.6. The van der Waals surface area contributed by atoms with E-state index in [1.807, 2.05) is 0 Å². The van der Waals surface area contributed by atoms with Gasteiger partial charge in [0, 0.05) is 31.8 Å². The smallest absolute Gasteiger partial charge is 0.214 e. The predicted octanol–water partition coefficient (Wildman–Crippen LogP) is 1.63. The number of rotatable bonds is 4. The molecule has 5 nitrogen and oxygen atoms in total. The van der Waals surface area contributed by atoms with E-state index < -0.39 is 10.0 Å². The van der Waals surface area contributed by atoms with Crippen LogP contribution in [0.2, 0.25) is 0 Å². The standard InChI is InChI=1S/C16H28N2O3S/c19-22(20,15-5-6-15)17-13-7-10-21-16(11-13)8-9-18(12-16)14-3-1-2-4-14/h13-15,17H,1-12H2/t13-,16-/m0/s1. The molecule has 6 heteroatoms. The number of ether oxygens (including phenoxy) is 1. The van der Waals surface area contributed by atoms with E-state index in [-0.39, 0.29) is 16.9 Å². The van der Waals surface area contributed by atoms with Crippen molar-refractivity contribution in [3.8, 4) is 0 Å². The van der Waals surface area contributed by atoms with Gasteiger partial charge in [-0.25, -0.2) is 13.1 Å². The van der Waals surface area contributed by atoms with E-state index in [4.69, 9.17) is 4.74 Å². The third-order valence-corrected chi connectivity index (χ3v) is 7.99. The maximum Gasteiger partial charge on any atom is 0.214 e. The van der Waals surface area contributed by atoms with Gasteiger partial charge in [-0.05, 0) is 44.9 Å². The third kappa shape index (κ3) is 3.07. The van der Waals surface area contributed by atoms with Crippen LogP contribution in [0.4, 0.5) is 0 Å². The predicted molar refractivity (Wildman–Crippen MR) is 85.2 cm³/mol. The first kappa shape index (κ1) is 15.4. The van der Waals surface area contributed by atoms with Crippen LogP contribution in [0.5, 0.6) is 0 Å². The molecule has 0 unspecified atom stereocenters. The molecule has 4 rings (SSSR count). The number of nitrogens with one attached hydrogen (secondary N) is 1. The van der Waals surface area contributed by atoms with Crippen LogP contribution < -0.4 is 4.72 Å². The number of hydrogen-bond acceptors (Lipinski definition) is 4. The van der Waals surface area contributed by atoms with Gasteiger partial charge in [0.2, 0.25) is 10.0 Å². The van der Waals surface area contributed by atoms with Crippen molar-refractivity contribution in [1.29, 1.82) is 0 Å². The van der Waals surface area contributed by atoms with Crippen molar-refractivity contribution >= 4 is 10.0 Å². The zero-order valence-corrected chi connectivity index (χ0v) is 14.1. The summed E-state index contributed by atoms with van der Waals surface area (Å²) in [5.41, 5.74) is -0.0996. The topological polar surface area (TPSA) is 58.6 Å². The summed E-state index contributed by atoms with van der Waals surface area (Å²) in [4.78, 5) is 2.60. The van der Waals surface area contributed by atoms with Gasteiger partial charge < -0.3 is 4.74 Å². The molecule has 0 aromatic carbocycles. The molecule has 4 fully saturated rings. The van der Waals surface area contributed by atoms with Gasteiger partial charge in [-0.3, -0.25) is 4.90 Å². The molecule has 0 radical (unpaired) electrons. The largest absolute Gasteiger partial charge is 0.373 e. The number of hydrogen-bond donors (Lipinski definition) is 1. The van der Waals surface area contributed by atoms with E-state index in [1.54, 1.807) is 0 Å². The monoisotopic (exact) mass is 328 g/mol. The van der Waals surface area contributed by atoms with E-state index in [0.717, 1.165) is 51.2 Å². The minimum Gasteiger partial charge on any atom is -0.373 e. The first-order valence-corrected chi connectivity index (χ1v) is 10.5. The SMILES string of the molecule is O=S(=O)(N[C@H]1CCO[C@@]2(CCN(C3CCCC3)C2)C1)C1CC1. The van der Waals surface area contributed by atoms with Crippen molar-refractivity contribution in [2.24, 2.45) is 0 Å². The Morgan fingerprint density at radius 3 is 2.59 bits per heavy atom. The summed E-state index contributed by atoms with van der Waals surface area (Å²) in [5, 5.41) is -0.120. The molecule has 1 spiro atoms. The summed E-state index contributed by atoms with van der Waals surface area (Å²) in [7, 11) is -3.08. The van der Waals surface area contributed by atoms with Gasteiger partial charge in [-0.2, -0.15) is 0 Å². The minimum absolute atomic E-state index is 0.0721. The molecular formula is C16H28N2O3S. The highest BCUT2D eigenvalue weighted by Crippen LogP contribution is 2.38. The van der Waals surface area contributed by atoms with E-state index in [1.165, 1.54) is 25.7 Å². The number of sulfonamides is 1. The van der Waals surface area contributed by atoms with Gasteiger partial charge >= 0.3 is 0 Å². The summed E-state index contributed by atoms with van der Waals surface area (Å²) < 4.78 is 33.5. The van der Waals surface area contributed by atoms with Crippen LogP contribution in [0.1, 0.15) is 57.8 Å². The Labute approximate surface area is 133 Å². The quantitative estimate of drug-likeness (QED) is 0.852. The minimum atomic E-state index is -3.08. The van der Waals surface area contributed by atoms with Gasteiger partial charge in [-0.15, -0.1) is 0 Å². The zero-order valence-electron chi connectivity index (χ0n) is 13.3. The third-order valence-electron chi connectivity index (χ3n) is 5.97. The van der Waals surface area contributed by atoms with E-state index in [0.29, 0.717) is 6.61 Å². The van der Waals surface area contributed by atoms with Crippen molar-refractivity contribution in [1.82, 2.24) is 9.62 Å². The van der Waals surface area contributed by atoms with Crippen LogP contribution in [0.25, 0.3) is 0 Å². The average Bonchev–Trinajstić information content (AvgIpc) is 3.07. The second-order valence-electron chi connectivity index (χ2n) is 7.74. The molecule has 126 valence electrons. The molecule has 1 N–H and O–H groups in total. The molecule has 0 aromatic rings. The van der Waals surface area contributed by atoms with Crippen LogP contribution in [0.15, 0.2) is 0 Å². The molecule has 2 aliphatic carbocycles. The van der Waals surface area contributed by atoms with Crippen molar-refractivity contribution in [2.75, 3.05) is 19.7 Å². The fraction of sp³-hybridized carbons (Fsp3) is 1.00. The molecule has 2 aliphatic heterocycles. The molecule has 22 heavy (non-hydrogen) atoms. The van der Waals surface area contributed by atoms with Crippen molar-refractivity contribution in [3.05, 3.63) is 0 Å². The number of likely N-dealkylation sites (tertiary alicyclic amines) is 1. The first-order valence-electron chi connectivity index (χ1n) is 8.96. The maximum absolute atomic E-state index is 12.2. The molecule has 0 bridgehead atoms. The molecule has 2 atom stereocenters. The fourth-order valence-corrected chi connectivity index (χ4v) is 6.19. The molecular weight excluding hydrogens is 300 g/mol. The highest BCUT2D eigenvalue weighted by atomic mass is 32.2. The maximum atomic E-state index is 12.2. The van der Waals surface area contributed by atoms with Crippen molar-refractivity contribution < 1.29 is 13.2 Å². The van der Waals surface area contributed by atoms with Crippen molar-refractivity contribution in [3.63, 3.8) is 0 Å². The Balaban J connectivity index is 1.38. The fourth-order valence-electron chi connectivity index (χ4n) is 4.58. The van der Waals surface area contributed by atoms with Crippen LogP contribution in [-0.4, -0.2) is 55.9 Å². The Morgan fingerprint density at radius 2 is 1.86 bits per heavy atom. The lowest BCUT2D eigenvalue weighted by atomic mass is 9.90. The highest BCUT2D eigenvalue weighted by Gasteiger charge is 2.46. The van der Waals surface area contributed by atoms with Crippen LogP contribution in [0, 0.1) is 0 Å². The van der Waals surface area contributed by atoms with Crippen LogP contribution in [-0.2, 0) is 14.8 Å². The lowest BCUT2D eigenvalue weighted by Crippen LogP contribution is -2.50. The van der Waals surface area contributed by atoms with Gasteiger partial charge in [0.1, 0.15) is 0 Å². The molecule has 0 amide bonds. The summed E-state index contributed by atoms with van der Waals surface area (Å²) in [6.45, 7) is 2.81. The Bertz CT molecular complexity index is 513. The van der Waals surface area contributed by atoms with Crippen molar-refractivity contribution in [2.45, 2.75) is 80.7 Å².